The van der Waals surface area contributed by atoms with Gasteiger partial charge in [-0.15, -0.1) is 0 Å². The molecule has 0 saturated heterocycles. The highest BCUT2D eigenvalue weighted by Gasteiger charge is 2.10. The predicted molar refractivity (Wildman–Crippen MR) is 66.6 cm³/mol. The first-order valence-corrected chi connectivity index (χ1v) is 5.41. The molecule has 0 atom stereocenters. The van der Waals surface area contributed by atoms with Crippen molar-refractivity contribution in [3.63, 3.8) is 0 Å². The van der Waals surface area contributed by atoms with Gasteiger partial charge in [-0.3, -0.25) is 4.99 Å². The molecule has 72 valence electrons. The molecule has 0 bridgehead atoms. The van der Waals surface area contributed by atoms with Gasteiger partial charge < -0.3 is 4.74 Å². The van der Waals surface area contributed by atoms with E-state index in [2.05, 4.69) is 45.8 Å². The third-order valence-corrected chi connectivity index (χ3v) is 2.78. The average Bonchev–Trinajstić information content (AvgIpc) is 2.19. The molecule has 2 rings (SSSR count). The molecule has 2 nitrogen and oxygen atoms in total. The Kier molecular flexibility index (Phi) is 2.86. The summed E-state index contributed by atoms with van der Waals surface area (Å²) >= 11 is 2.31. The van der Waals surface area contributed by atoms with Gasteiger partial charge in [0.25, 0.3) is 0 Å². The van der Waals surface area contributed by atoms with Crippen LogP contribution in [0.25, 0.3) is 5.57 Å². The molecular weight excluding hydrogens is 289 g/mol. The summed E-state index contributed by atoms with van der Waals surface area (Å²) in [4.78, 5) is 4.27. The average molecular weight is 299 g/mol. The fraction of sp³-hybridized carbons (Fsp3) is 0.182. The Labute approximate surface area is 96.8 Å². The molecule has 0 unspecified atom stereocenters. The van der Waals surface area contributed by atoms with Crippen LogP contribution in [0, 0.1) is 3.57 Å². The van der Waals surface area contributed by atoms with Crippen LogP contribution < -0.4 is 0 Å². The molecule has 1 aliphatic rings. The largest absolute Gasteiger partial charge is 0.504 e. The van der Waals surface area contributed by atoms with Crippen LogP contribution in [-0.2, 0) is 4.74 Å². The summed E-state index contributed by atoms with van der Waals surface area (Å²) in [5, 5.41) is 0. The van der Waals surface area contributed by atoms with E-state index in [4.69, 9.17) is 4.74 Å². The van der Waals surface area contributed by atoms with Crippen molar-refractivity contribution in [2.75, 3.05) is 13.7 Å². The maximum Gasteiger partial charge on any atom is 0.0881 e. The van der Waals surface area contributed by atoms with Gasteiger partial charge in [-0.05, 0) is 40.3 Å². The number of nitrogens with zero attached hydrogens (tertiary/aromatic N) is 1. The van der Waals surface area contributed by atoms with E-state index in [0.29, 0.717) is 6.54 Å². The number of benzene rings is 1. The maximum absolute atomic E-state index is 5.04. The number of aliphatic imine (C=N–C) groups is 1. The molecule has 14 heavy (non-hydrogen) atoms. The Bertz CT molecular complexity index is 410. The van der Waals surface area contributed by atoms with Gasteiger partial charge in [0.05, 0.1) is 19.9 Å². The van der Waals surface area contributed by atoms with E-state index < -0.39 is 0 Å². The summed E-state index contributed by atoms with van der Waals surface area (Å²) in [5.74, 6) is 0. The number of methoxy groups -OCH3 is 1. The topological polar surface area (TPSA) is 21.6 Å². The second kappa shape index (κ2) is 4.13. The second-order valence-corrected chi connectivity index (χ2v) is 4.33. The molecule has 1 heterocycles. The van der Waals surface area contributed by atoms with E-state index in [9.17, 15) is 0 Å². The zero-order valence-corrected chi connectivity index (χ0v) is 9.98. The van der Waals surface area contributed by atoms with Crippen molar-refractivity contribution >= 4 is 34.4 Å². The first-order valence-electron chi connectivity index (χ1n) is 4.33. The van der Waals surface area contributed by atoms with E-state index in [0.717, 1.165) is 5.57 Å². The van der Waals surface area contributed by atoms with Gasteiger partial charge in [-0.25, -0.2) is 0 Å². The SMILES string of the molecule is COC=C1CN=Cc2ccc(I)cc21. The molecule has 0 radical (unpaired) electrons. The lowest BCUT2D eigenvalue weighted by molar-refractivity contribution is 0.339. The van der Waals surface area contributed by atoms with Gasteiger partial charge in [-0.2, -0.15) is 0 Å². The van der Waals surface area contributed by atoms with Crippen LogP contribution in [-0.4, -0.2) is 19.9 Å². The maximum atomic E-state index is 5.04. The zero-order valence-electron chi connectivity index (χ0n) is 7.83. The number of hydrogen-bond acceptors (Lipinski definition) is 2. The summed E-state index contributed by atoms with van der Waals surface area (Å²) < 4.78 is 6.27. The molecule has 1 aromatic rings. The van der Waals surface area contributed by atoms with Crippen LogP contribution in [0.2, 0.25) is 0 Å². The van der Waals surface area contributed by atoms with Crippen LogP contribution in [0.5, 0.6) is 0 Å². The second-order valence-electron chi connectivity index (χ2n) is 3.08. The normalized spacial score (nSPS) is 16.9. The van der Waals surface area contributed by atoms with Gasteiger partial charge in [0.2, 0.25) is 0 Å². The lowest BCUT2D eigenvalue weighted by Crippen LogP contribution is -2.02. The Morgan fingerprint density at radius 2 is 2.36 bits per heavy atom. The number of hydrogen-bond donors (Lipinski definition) is 0. The summed E-state index contributed by atoms with van der Waals surface area (Å²) in [7, 11) is 1.67. The lowest BCUT2D eigenvalue weighted by atomic mass is 9.99. The minimum absolute atomic E-state index is 0.709. The smallest absolute Gasteiger partial charge is 0.0881 e. The van der Waals surface area contributed by atoms with Crippen molar-refractivity contribution in [2.45, 2.75) is 0 Å². The van der Waals surface area contributed by atoms with Crippen molar-refractivity contribution in [3.8, 4) is 0 Å². The van der Waals surface area contributed by atoms with E-state index in [1.807, 2.05) is 6.21 Å². The first kappa shape index (κ1) is 9.71. The molecule has 0 spiro atoms. The van der Waals surface area contributed by atoms with Crippen molar-refractivity contribution in [2.24, 2.45) is 4.99 Å². The van der Waals surface area contributed by atoms with E-state index in [-0.39, 0.29) is 0 Å². The summed E-state index contributed by atoms with van der Waals surface area (Å²) in [5.41, 5.74) is 3.54. The van der Waals surface area contributed by atoms with Gasteiger partial charge in [0.1, 0.15) is 0 Å². The quantitative estimate of drug-likeness (QED) is 0.577. The molecule has 3 heteroatoms. The lowest BCUT2D eigenvalue weighted by Gasteiger charge is -2.13. The number of rotatable bonds is 1. The molecule has 0 aliphatic carbocycles. The highest BCUT2D eigenvalue weighted by atomic mass is 127. The fourth-order valence-corrected chi connectivity index (χ4v) is 1.98. The molecule has 0 saturated carbocycles. The number of fused-ring (bicyclic) bond motifs is 1. The summed E-state index contributed by atoms with van der Waals surface area (Å²) in [6, 6.07) is 6.33. The van der Waals surface area contributed by atoms with Crippen molar-refractivity contribution in [1.82, 2.24) is 0 Å². The molecule has 0 aromatic heterocycles. The minimum atomic E-state index is 0.709. The first-order chi connectivity index (χ1) is 6.81. The van der Waals surface area contributed by atoms with Gasteiger partial charge >= 0.3 is 0 Å². The monoisotopic (exact) mass is 299 g/mol. The predicted octanol–water partition coefficient (Wildman–Crippen LogP) is 2.71. The van der Waals surface area contributed by atoms with Crippen LogP contribution in [0.4, 0.5) is 0 Å². The summed E-state index contributed by atoms with van der Waals surface area (Å²) in [6.45, 7) is 0.709. The molecule has 0 N–H and O–H groups in total. The Morgan fingerprint density at radius 1 is 1.50 bits per heavy atom. The Balaban J connectivity index is 2.53. The highest BCUT2D eigenvalue weighted by Crippen LogP contribution is 2.24. The van der Waals surface area contributed by atoms with Gasteiger partial charge in [0.15, 0.2) is 0 Å². The van der Waals surface area contributed by atoms with Crippen molar-refractivity contribution in [3.05, 3.63) is 39.2 Å². The molecule has 1 aromatic carbocycles. The molecule has 0 amide bonds. The molecular formula is C11H10INO. The van der Waals surface area contributed by atoms with E-state index in [1.165, 1.54) is 14.7 Å². The van der Waals surface area contributed by atoms with E-state index >= 15 is 0 Å². The number of ether oxygens (including phenoxy) is 1. The Morgan fingerprint density at radius 3 is 3.14 bits per heavy atom. The Hall–Kier alpha value is -0.840. The van der Waals surface area contributed by atoms with E-state index in [1.54, 1.807) is 13.4 Å². The zero-order chi connectivity index (χ0) is 9.97. The van der Waals surface area contributed by atoms with Crippen LogP contribution >= 0.6 is 22.6 Å². The third-order valence-electron chi connectivity index (χ3n) is 2.11. The van der Waals surface area contributed by atoms with Crippen LogP contribution in [0.15, 0.2) is 29.5 Å². The van der Waals surface area contributed by atoms with Crippen molar-refractivity contribution in [1.29, 1.82) is 0 Å². The molecule has 1 aliphatic heterocycles. The minimum Gasteiger partial charge on any atom is -0.504 e. The third kappa shape index (κ3) is 1.82. The van der Waals surface area contributed by atoms with Gasteiger partial charge in [-0.1, -0.05) is 6.07 Å². The fourth-order valence-electron chi connectivity index (χ4n) is 1.49. The number of halogens is 1. The molecule has 0 fully saturated rings. The van der Waals surface area contributed by atoms with Gasteiger partial charge in [0, 0.05) is 20.9 Å². The summed E-state index contributed by atoms with van der Waals surface area (Å²) in [6.07, 6.45) is 3.68. The van der Waals surface area contributed by atoms with Crippen LogP contribution in [0.3, 0.4) is 0 Å². The van der Waals surface area contributed by atoms with Crippen LogP contribution in [0.1, 0.15) is 11.1 Å². The standard InChI is InChI=1S/C11H10INO/c1-14-7-9-6-13-5-8-2-3-10(12)4-11(8)9/h2-5,7H,6H2,1H3. The highest BCUT2D eigenvalue weighted by molar-refractivity contribution is 14.1. The van der Waals surface area contributed by atoms with Crippen molar-refractivity contribution < 1.29 is 4.74 Å².